The van der Waals surface area contributed by atoms with Crippen LogP contribution in [0.2, 0.25) is 0 Å². The van der Waals surface area contributed by atoms with Gasteiger partial charge in [-0.2, -0.15) is 0 Å². The molecule has 2 rings (SSSR count). The van der Waals surface area contributed by atoms with E-state index in [9.17, 15) is 34.2 Å². The highest BCUT2D eigenvalue weighted by Crippen LogP contribution is 2.33. The molecule has 15 nitrogen and oxygen atoms in total. The fraction of sp³-hybridized carbons (Fsp3) is 0.593. The minimum atomic E-state index is -1.60. The molecule has 42 heavy (non-hydrogen) atoms. The zero-order chi connectivity index (χ0) is 31.8. The lowest BCUT2D eigenvalue weighted by Crippen LogP contribution is -2.62. The predicted octanol–water partition coefficient (Wildman–Crippen LogP) is 0.922. The van der Waals surface area contributed by atoms with Crippen molar-refractivity contribution in [2.24, 2.45) is 0 Å². The van der Waals surface area contributed by atoms with Gasteiger partial charge in [-0.15, -0.1) is 0 Å². The number of aliphatic hydroxyl groups excluding tert-OH is 2. The number of carbonyl (C=O) groups excluding carboxylic acids is 5. The van der Waals surface area contributed by atoms with Crippen LogP contribution in [-0.2, 0) is 49.5 Å². The molecule has 15 heteroatoms. The number of carbonyl (C=O) groups is 5. The first-order chi connectivity index (χ1) is 19.5. The Bertz CT molecular complexity index is 1150. The number of alkyl carbamates (subject to hydrolysis) is 1. The average Bonchev–Trinajstić information content (AvgIpc) is 2.86. The summed E-state index contributed by atoms with van der Waals surface area (Å²) in [4.78, 5) is 60.2. The summed E-state index contributed by atoms with van der Waals surface area (Å²) in [6, 6.07) is 3.22. The van der Waals surface area contributed by atoms with Gasteiger partial charge in [-0.05, 0) is 45.4 Å². The molecule has 1 aromatic rings. The van der Waals surface area contributed by atoms with Gasteiger partial charge in [0.15, 0.2) is 6.10 Å². The first kappa shape index (κ1) is 34.3. The van der Waals surface area contributed by atoms with Gasteiger partial charge in [0.25, 0.3) is 0 Å². The lowest BCUT2D eigenvalue weighted by Gasteiger charge is -2.42. The van der Waals surface area contributed by atoms with E-state index in [4.69, 9.17) is 28.4 Å². The number of anilines is 1. The molecule has 0 aromatic heterocycles. The Morgan fingerprint density at radius 2 is 1.62 bits per heavy atom. The second-order valence-corrected chi connectivity index (χ2v) is 10.4. The molecule has 2 amide bonds. The third kappa shape index (κ3) is 10.5. The Hall–Kier alpha value is -3.95. The number of ether oxygens (including phenoxy) is 6. The average molecular weight is 599 g/mol. The van der Waals surface area contributed by atoms with Crippen LogP contribution in [0.25, 0.3) is 0 Å². The number of aliphatic hydroxyl groups is 2. The SMILES string of the molecule is CC(=O)OCC1O[C@@H](Oc2cc(CO)ccc2NC(=O)[C@H](C)NC(=O)OC(C)(C)C)[C@H](OC(C)=O)[C@@H](OC(C)=O)[C@@H]1O. The number of hydrogen-bond donors (Lipinski definition) is 4. The number of benzene rings is 1. The number of amides is 2. The summed E-state index contributed by atoms with van der Waals surface area (Å²) in [5, 5.41) is 25.5. The van der Waals surface area contributed by atoms with Crippen LogP contribution in [-0.4, -0.2) is 89.1 Å². The van der Waals surface area contributed by atoms with E-state index in [1.807, 2.05) is 0 Å². The highest BCUT2D eigenvalue weighted by atomic mass is 16.7. The van der Waals surface area contributed by atoms with Gasteiger partial charge in [0.05, 0.1) is 12.3 Å². The topological polar surface area (TPSA) is 205 Å². The van der Waals surface area contributed by atoms with Gasteiger partial charge in [0, 0.05) is 20.8 Å². The molecule has 1 unspecified atom stereocenters. The van der Waals surface area contributed by atoms with Crippen molar-refractivity contribution in [2.75, 3.05) is 11.9 Å². The summed E-state index contributed by atoms with van der Waals surface area (Å²) < 4.78 is 32.4. The maximum absolute atomic E-state index is 12.9. The minimum Gasteiger partial charge on any atom is -0.463 e. The highest BCUT2D eigenvalue weighted by Gasteiger charge is 2.51. The Kier molecular flexibility index (Phi) is 12.1. The molecule has 0 bridgehead atoms. The van der Waals surface area contributed by atoms with Crippen LogP contribution in [0, 0.1) is 0 Å². The molecule has 1 saturated heterocycles. The molecular formula is C27H38N2O13. The van der Waals surface area contributed by atoms with Gasteiger partial charge in [-0.1, -0.05) is 6.07 Å². The lowest BCUT2D eigenvalue weighted by atomic mass is 9.98. The van der Waals surface area contributed by atoms with Crippen LogP contribution in [0.3, 0.4) is 0 Å². The van der Waals surface area contributed by atoms with Crippen molar-refractivity contribution >= 4 is 35.6 Å². The van der Waals surface area contributed by atoms with Crippen molar-refractivity contribution < 1.29 is 62.6 Å². The molecule has 0 spiro atoms. The summed E-state index contributed by atoms with van der Waals surface area (Å²) in [6.07, 6.45) is -8.27. The molecule has 1 fully saturated rings. The van der Waals surface area contributed by atoms with Crippen molar-refractivity contribution in [3.8, 4) is 5.75 Å². The minimum absolute atomic E-state index is 0.0620. The Morgan fingerprint density at radius 1 is 1.00 bits per heavy atom. The predicted molar refractivity (Wildman–Crippen MR) is 143 cm³/mol. The van der Waals surface area contributed by atoms with Crippen LogP contribution in [0.15, 0.2) is 18.2 Å². The summed E-state index contributed by atoms with van der Waals surface area (Å²) in [5.74, 6) is -3.05. The number of hydrogen-bond acceptors (Lipinski definition) is 13. The second-order valence-electron chi connectivity index (χ2n) is 10.4. The van der Waals surface area contributed by atoms with E-state index in [0.29, 0.717) is 5.56 Å². The van der Waals surface area contributed by atoms with E-state index >= 15 is 0 Å². The monoisotopic (exact) mass is 598 g/mol. The van der Waals surface area contributed by atoms with Crippen LogP contribution >= 0.6 is 0 Å². The van der Waals surface area contributed by atoms with E-state index in [-0.39, 0.29) is 11.4 Å². The van der Waals surface area contributed by atoms with Crippen molar-refractivity contribution in [1.29, 1.82) is 0 Å². The Morgan fingerprint density at radius 3 is 2.17 bits per heavy atom. The number of nitrogens with one attached hydrogen (secondary N) is 2. The zero-order valence-corrected chi connectivity index (χ0v) is 24.5. The quantitative estimate of drug-likeness (QED) is 0.219. The molecule has 0 saturated carbocycles. The molecule has 4 N–H and O–H groups in total. The molecule has 234 valence electrons. The number of rotatable bonds is 10. The molecule has 0 radical (unpaired) electrons. The largest absolute Gasteiger partial charge is 0.463 e. The van der Waals surface area contributed by atoms with E-state index in [0.717, 1.165) is 20.8 Å². The second kappa shape index (κ2) is 14.8. The van der Waals surface area contributed by atoms with Gasteiger partial charge in [0.1, 0.15) is 36.2 Å². The number of esters is 3. The maximum atomic E-state index is 12.9. The first-order valence-electron chi connectivity index (χ1n) is 13.0. The molecule has 1 aliphatic heterocycles. The van der Waals surface area contributed by atoms with E-state index < -0.39 is 85.5 Å². The zero-order valence-electron chi connectivity index (χ0n) is 24.5. The van der Waals surface area contributed by atoms with Crippen LogP contribution in [0.5, 0.6) is 5.75 Å². The lowest BCUT2D eigenvalue weighted by molar-refractivity contribution is -0.285. The van der Waals surface area contributed by atoms with Gasteiger partial charge >= 0.3 is 24.0 Å². The third-order valence-electron chi connectivity index (χ3n) is 5.53. The molecule has 1 aromatic carbocycles. The van der Waals surface area contributed by atoms with Crippen molar-refractivity contribution in [1.82, 2.24) is 5.32 Å². The third-order valence-corrected chi connectivity index (χ3v) is 5.53. The van der Waals surface area contributed by atoms with Gasteiger partial charge in [0.2, 0.25) is 18.3 Å². The maximum Gasteiger partial charge on any atom is 0.408 e. The molecule has 1 heterocycles. The summed E-state index contributed by atoms with van der Waals surface area (Å²) in [6.45, 7) is 8.85. The van der Waals surface area contributed by atoms with Crippen molar-refractivity contribution in [2.45, 2.75) is 97.4 Å². The summed E-state index contributed by atoms with van der Waals surface area (Å²) in [5.41, 5.74) is -0.368. The van der Waals surface area contributed by atoms with Gasteiger partial charge in [-0.3, -0.25) is 19.2 Å². The Balaban J connectivity index is 2.40. The highest BCUT2D eigenvalue weighted by molar-refractivity contribution is 5.97. The van der Waals surface area contributed by atoms with Gasteiger partial charge in [-0.25, -0.2) is 4.79 Å². The molecule has 6 atom stereocenters. The molecule has 0 aliphatic carbocycles. The summed E-state index contributed by atoms with van der Waals surface area (Å²) >= 11 is 0. The first-order valence-corrected chi connectivity index (χ1v) is 13.0. The fourth-order valence-electron chi connectivity index (χ4n) is 3.75. The molecule has 1 aliphatic rings. The van der Waals surface area contributed by atoms with Gasteiger partial charge < -0.3 is 49.3 Å². The normalized spacial score (nSPS) is 22.6. The summed E-state index contributed by atoms with van der Waals surface area (Å²) in [7, 11) is 0. The van der Waals surface area contributed by atoms with Crippen LogP contribution in [0.4, 0.5) is 10.5 Å². The van der Waals surface area contributed by atoms with E-state index in [1.165, 1.54) is 25.1 Å². The van der Waals surface area contributed by atoms with E-state index in [2.05, 4.69) is 10.6 Å². The van der Waals surface area contributed by atoms with Crippen LogP contribution < -0.4 is 15.4 Å². The Labute approximate surface area is 242 Å². The van der Waals surface area contributed by atoms with Crippen molar-refractivity contribution in [3.63, 3.8) is 0 Å². The van der Waals surface area contributed by atoms with Crippen molar-refractivity contribution in [3.05, 3.63) is 23.8 Å². The van der Waals surface area contributed by atoms with E-state index in [1.54, 1.807) is 20.8 Å². The fourth-order valence-corrected chi connectivity index (χ4v) is 3.75. The van der Waals surface area contributed by atoms with Crippen LogP contribution in [0.1, 0.15) is 54.0 Å². The smallest absolute Gasteiger partial charge is 0.408 e. The standard InChI is InChI=1S/C27H38N2O13/c1-13(28-26(36)42-27(5,6)7)24(35)29-18-9-8-17(11-30)10-19(18)40-25-23(39-16(4)33)22(38-15(3)32)21(34)20(41-25)12-37-14(2)31/h8-10,13,20-23,25,30,34H,11-12H2,1-7H3,(H,28,36)(H,29,35)/t13-,20?,21+,22-,23+,25+/m0/s1. The molecular weight excluding hydrogens is 560 g/mol.